The van der Waals surface area contributed by atoms with E-state index in [2.05, 4.69) is 4.84 Å². The molecule has 1 aliphatic heterocycles. The van der Waals surface area contributed by atoms with Gasteiger partial charge in [-0.2, -0.15) is 4.31 Å². The number of ketones is 1. The highest BCUT2D eigenvalue weighted by Crippen LogP contribution is 2.28. The summed E-state index contributed by atoms with van der Waals surface area (Å²) >= 11 is 0. The molecule has 0 atom stereocenters. The Kier molecular flexibility index (Phi) is 7.04. The van der Waals surface area contributed by atoms with E-state index < -0.39 is 32.5 Å². The van der Waals surface area contributed by atoms with Crippen molar-refractivity contribution < 1.29 is 31.9 Å². The summed E-state index contributed by atoms with van der Waals surface area (Å²) in [6.07, 6.45) is 2.81. The van der Waals surface area contributed by atoms with E-state index in [1.165, 1.54) is 48.6 Å². The number of carbonyl (C=O) groups is 1. The fourth-order valence-electron chi connectivity index (χ4n) is 3.68. The Bertz CT molecular complexity index is 1430. The van der Waals surface area contributed by atoms with Crippen LogP contribution in [0.5, 0.6) is 5.75 Å². The first-order valence-corrected chi connectivity index (χ1v) is 12.0. The number of hydrogen-bond donors (Lipinski definition) is 0. The van der Waals surface area contributed by atoms with Crippen LogP contribution < -0.4 is 4.84 Å². The summed E-state index contributed by atoms with van der Waals surface area (Å²) in [5, 5.41) is 9.49. The zero-order valence-corrected chi connectivity index (χ0v) is 19.3. The Morgan fingerprint density at radius 3 is 1.81 bits per heavy atom. The lowest BCUT2D eigenvalue weighted by atomic mass is 9.95. The van der Waals surface area contributed by atoms with Gasteiger partial charge in [0.2, 0.25) is 10.0 Å². The van der Waals surface area contributed by atoms with Crippen LogP contribution in [-0.2, 0) is 14.8 Å². The molecule has 0 bridgehead atoms. The third kappa shape index (κ3) is 5.70. The fraction of sp³-hybridized carbons (Fsp3) is 0.0800. The standard InChI is InChI=1S/C25H18F2N2O6S/c26-21-5-1-3-17(13-21)11-19-15-28(16-20(25(19)30)12-18-4-2-6-22(27)14-18)36(33,34)24-9-7-23(8-10-24)35-29(31)32/h1-14H,15-16H2/b19-11+,20-12+. The van der Waals surface area contributed by atoms with Crippen LogP contribution in [0.1, 0.15) is 11.1 Å². The molecule has 0 aromatic heterocycles. The molecule has 0 spiro atoms. The van der Waals surface area contributed by atoms with Gasteiger partial charge in [-0.05, 0) is 71.8 Å². The second-order valence-electron chi connectivity index (χ2n) is 7.84. The average Bonchev–Trinajstić information content (AvgIpc) is 2.81. The fourth-order valence-corrected chi connectivity index (χ4v) is 5.08. The molecule has 3 aromatic rings. The Labute approximate surface area is 204 Å². The minimum absolute atomic E-state index is 0.0892. The summed E-state index contributed by atoms with van der Waals surface area (Å²) in [6, 6.07) is 15.5. The van der Waals surface area contributed by atoms with Crippen LogP contribution in [0.2, 0.25) is 0 Å². The van der Waals surface area contributed by atoms with Crippen molar-refractivity contribution in [3.8, 4) is 5.75 Å². The van der Waals surface area contributed by atoms with Crippen LogP contribution in [-0.4, -0.2) is 36.7 Å². The van der Waals surface area contributed by atoms with Crippen LogP contribution in [0.15, 0.2) is 88.8 Å². The van der Waals surface area contributed by atoms with Crippen molar-refractivity contribution in [1.82, 2.24) is 4.31 Å². The first-order chi connectivity index (χ1) is 17.1. The van der Waals surface area contributed by atoms with Gasteiger partial charge in [-0.1, -0.05) is 24.3 Å². The van der Waals surface area contributed by atoms with E-state index in [1.807, 2.05) is 0 Å². The minimum atomic E-state index is -4.17. The van der Waals surface area contributed by atoms with Gasteiger partial charge in [0, 0.05) is 24.2 Å². The molecule has 4 rings (SSSR count). The summed E-state index contributed by atoms with van der Waals surface area (Å²) in [7, 11) is -4.17. The second kappa shape index (κ2) is 10.2. The van der Waals surface area contributed by atoms with Crippen LogP contribution in [0, 0.1) is 21.7 Å². The number of nitrogens with zero attached hydrogens (tertiary/aromatic N) is 2. The van der Waals surface area contributed by atoms with E-state index in [1.54, 1.807) is 12.1 Å². The molecule has 8 nitrogen and oxygen atoms in total. The average molecular weight is 512 g/mol. The number of halogens is 2. The number of piperidine rings is 1. The minimum Gasteiger partial charge on any atom is -0.289 e. The molecule has 1 aliphatic rings. The van der Waals surface area contributed by atoms with Crippen molar-refractivity contribution in [3.05, 3.63) is 117 Å². The highest BCUT2D eigenvalue weighted by molar-refractivity contribution is 7.89. The molecule has 1 heterocycles. The lowest BCUT2D eigenvalue weighted by Crippen LogP contribution is -2.41. The lowest BCUT2D eigenvalue weighted by molar-refractivity contribution is -0.711. The number of rotatable bonds is 6. The SMILES string of the molecule is O=C1/C(=C/c2cccc(F)c2)CN(S(=O)(=O)c2ccc(O[N+](=O)[O-])cc2)C/C1=C\c1cccc(F)c1. The molecule has 184 valence electrons. The number of Topliss-reactive ketones (excluding diaryl/α,β-unsaturated/α-hetero) is 1. The van der Waals surface area contributed by atoms with E-state index in [0.717, 1.165) is 28.6 Å². The predicted molar refractivity (Wildman–Crippen MR) is 127 cm³/mol. The van der Waals surface area contributed by atoms with Crippen molar-refractivity contribution in [2.75, 3.05) is 13.1 Å². The normalized spacial score (nSPS) is 16.9. The van der Waals surface area contributed by atoms with Crippen molar-refractivity contribution in [3.63, 3.8) is 0 Å². The van der Waals surface area contributed by atoms with Gasteiger partial charge in [0.25, 0.3) is 5.09 Å². The molecule has 3 aromatic carbocycles. The molecule has 1 saturated heterocycles. The van der Waals surface area contributed by atoms with Gasteiger partial charge in [0.05, 0.1) is 4.90 Å². The number of carbonyl (C=O) groups excluding carboxylic acids is 1. The Balaban J connectivity index is 1.75. The highest BCUT2D eigenvalue weighted by Gasteiger charge is 2.34. The first-order valence-electron chi connectivity index (χ1n) is 10.5. The molecule has 0 aliphatic carbocycles. The van der Waals surface area contributed by atoms with Gasteiger partial charge in [-0.15, -0.1) is 10.1 Å². The van der Waals surface area contributed by atoms with Gasteiger partial charge in [-0.25, -0.2) is 17.2 Å². The van der Waals surface area contributed by atoms with Crippen molar-refractivity contribution >= 4 is 28.0 Å². The molecular formula is C25H18F2N2O6S. The second-order valence-corrected chi connectivity index (χ2v) is 9.78. The molecule has 0 unspecified atom stereocenters. The summed E-state index contributed by atoms with van der Waals surface area (Å²) in [6.45, 7) is -0.601. The largest absolute Gasteiger partial charge is 0.299 e. The zero-order valence-electron chi connectivity index (χ0n) is 18.5. The van der Waals surface area contributed by atoms with Gasteiger partial charge < -0.3 is 0 Å². The zero-order chi connectivity index (χ0) is 25.9. The van der Waals surface area contributed by atoms with Crippen LogP contribution in [0.3, 0.4) is 0 Å². The molecule has 0 saturated carbocycles. The molecule has 0 N–H and O–H groups in total. The monoisotopic (exact) mass is 512 g/mol. The maximum Gasteiger partial charge on any atom is 0.299 e. The molecule has 36 heavy (non-hydrogen) atoms. The third-order valence-electron chi connectivity index (χ3n) is 5.30. The van der Waals surface area contributed by atoms with E-state index in [0.29, 0.717) is 11.1 Å². The number of benzene rings is 3. The topological polar surface area (TPSA) is 107 Å². The maximum absolute atomic E-state index is 13.7. The highest BCUT2D eigenvalue weighted by atomic mass is 32.2. The molecule has 1 fully saturated rings. The van der Waals surface area contributed by atoms with Gasteiger partial charge in [0.15, 0.2) is 5.78 Å². The Morgan fingerprint density at radius 1 is 0.861 bits per heavy atom. The summed E-state index contributed by atoms with van der Waals surface area (Å²) < 4.78 is 55.2. The van der Waals surface area contributed by atoms with E-state index in [9.17, 15) is 32.1 Å². The number of sulfonamides is 1. The van der Waals surface area contributed by atoms with Crippen LogP contribution >= 0.6 is 0 Å². The molecule has 0 amide bonds. The Morgan fingerprint density at radius 2 is 1.36 bits per heavy atom. The summed E-state index contributed by atoms with van der Waals surface area (Å²) in [5.41, 5.74) is 0.908. The Hall–Kier alpha value is -4.22. The quantitative estimate of drug-likeness (QED) is 0.277. The van der Waals surface area contributed by atoms with Gasteiger partial charge in [-0.3, -0.25) is 9.63 Å². The van der Waals surface area contributed by atoms with Crippen molar-refractivity contribution in [2.45, 2.75) is 4.90 Å². The van der Waals surface area contributed by atoms with Gasteiger partial charge >= 0.3 is 0 Å². The smallest absolute Gasteiger partial charge is 0.289 e. The summed E-state index contributed by atoms with van der Waals surface area (Å²) in [5.74, 6) is -1.66. The van der Waals surface area contributed by atoms with Crippen molar-refractivity contribution in [1.29, 1.82) is 0 Å². The van der Waals surface area contributed by atoms with E-state index in [-0.39, 0.29) is 34.9 Å². The summed E-state index contributed by atoms with van der Waals surface area (Å²) in [4.78, 5) is 27.9. The molecular weight excluding hydrogens is 494 g/mol. The lowest BCUT2D eigenvalue weighted by Gasteiger charge is -2.29. The predicted octanol–water partition coefficient (Wildman–Crippen LogP) is 4.28. The van der Waals surface area contributed by atoms with Gasteiger partial charge in [0.1, 0.15) is 17.4 Å². The van der Waals surface area contributed by atoms with Crippen LogP contribution in [0.4, 0.5) is 8.78 Å². The van der Waals surface area contributed by atoms with E-state index in [4.69, 9.17) is 0 Å². The van der Waals surface area contributed by atoms with E-state index >= 15 is 0 Å². The van der Waals surface area contributed by atoms with Crippen LogP contribution in [0.25, 0.3) is 12.2 Å². The number of hydrogen-bond acceptors (Lipinski definition) is 6. The van der Waals surface area contributed by atoms with Crippen molar-refractivity contribution in [2.24, 2.45) is 0 Å². The molecule has 11 heteroatoms. The maximum atomic E-state index is 13.7. The third-order valence-corrected chi connectivity index (χ3v) is 7.10. The molecule has 0 radical (unpaired) electrons. The first kappa shape index (κ1) is 24.9.